The molecule has 0 unspecified atom stereocenters. The van der Waals surface area contributed by atoms with Crippen LogP contribution in [0.5, 0.6) is 0 Å². The Morgan fingerprint density at radius 2 is 1.73 bits per heavy atom. The van der Waals surface area contributed by atoms with Gasteiger partial charge in [-0.25, -0.2) is 0 Å². The molecule has 156 valence electrons. The molecular weight excluding hydrogens is 374 g/mol. The van der Waals surface area contributed by atoms with Gasteiger partial charge in [-0.1, -0.05) is 42.5 Å². The van der Waals surface area contributed by atoms with Crippen molar-refractivity contribution in [2.75, 3.05) is 39.4 Å². The summed E-state index contributed by atoms with van der Waals surface area (Å²) in [6.45, 7) is 5.96. The standard InChI is InChI=1S/C25H29N3O2/c29-25(19-22-6-7-23-4-1-2-5-24(23)18-22)28(20-21-8-10-26-11-9-21)13-3-12-27-14-16-30-17-15-27/h1-2,4-11,18H,3,12-17,19-20H2. The molecule has 0 bridgehead atoms. The molecule has 1 aliphatic rings. The van der Waals surface area contributed by atoms with E-state index in [9.17, 15) is 4.79 Å². The topological polar surface area (TPSA) is 45.7 Å². The number of hydrogen-bond acceptors (Lipinski definition) is 4. The fraction of sp³-hybridized carbons (Fsp3) is 0.360. The Bertz CT molecular complexity index is 955. The van der Waals surface area contributed by atoms with Crippen LogP contribution in [0.3, 0.4) is 0 Å². The number of ether oxygens (including phenoxy) is 1. The van der Waals surface area contributed by atoms with E-state index >= 15 is 0 Å². The van der Waals surface area contributed by atoms with Crippen molar-refractivity contribution in [1.82, 2.24) is 14.8 Å². The molecule has 0 saturated carbocycles. The van der Waals surface area contributed by atoms with E-state index in [4.69, 9.17) is 4.74 Å². The summed E-state index contributed by atoms with van der Waals surface area (Å²) in [7, 11) is 0. The number of amides is 1. The summed E-state index contributed by atoms with van der Waals surface area (Å²) < 4.78 is 5.43. The fourth-order valence-electron chi connectivity index (χ4n) is 3.95. The van der Waals surface area contributed by atoms with Crippen molar-refractivity contribution in [2.24, 2.45) is 0 Å². The van der Waals surface area contributed by atoms with Gasteiger partial charge in [0.15, 0.2) is 0 Å². The minimum atomic E-state index is 0.170. The first-order valence-corrected chi connectivity index (χ1v) is 10.7. The Labute approximate surface area is 178 Å². The molecule has 1 aromatic heterocycles. The SMILES string of the molecule is O=C(Cc1ccc2ccccc2c1)N(CCCN1CCOCC1)Cc1ccncc1. The molecule has 5 nitrogen and oxygen atoms in total. The zero-order valence-electron chi connectivity index (χ0n) is 17.4. The normalized spacial score (nSPS) is 14.7. The lowest BCUT2D eigenvalue weighted by Gasteiger charge is -2.28. The third-order valence-electron chi connectivity index (χ3n) is 5.65. The summed E-state index contributed by atoms with van der Waals surface area (Å²) in [6.07, 6.45) is 4.96. The molecule has 2 aromatic carbocycles. The highest BCUT2D eigenvalue weighted by molar-refractivity contribution is 5.85. The van der Waals surface area contributed by atoms with Crippen LogP contribution in [0.4, 0.5) is 0 Å². The van der Waals surface area contributed by atoms with Crippen molar-refractivity contribution in [2.45, 2.75) is 19.4 Å². The van der Waals surface area contributed by atoms with Gasteiger partial charge in [-0.3, -0.25) is 14.7 Å². The summed E-state index contributed by atoms with van der Waals surface area (Å²) >= 11 is 0. The van der Waals surface area contributed by atoms with E-state index in [-0.39, 0.29) is 5.91 Å². The lowest BCUT2D eigenvalue weighted by atomic mass is 10.0. The number of carbonyl (C=O) groups is 1. The molecule has 0 aliphatic carbocycles. The highest BCUT2D eigenvalue weighted by Crippen LogP contribution is 2.17. The van der Waals surface area contributed by atoms with Crippen molar-refractivity contribution in [3.05, 3.63) is 78.1 Å². The lowest BCUT2D eigenvalue weighted by molar-refractivity contribution is -0.131. The first-order valence-electron chi connectivity index (χ1n) is 10.7. The van der Waals surface area contributed by atoms with E-state index in [0.29, 0.717) is 13.0 Å². The van der Waals surface area contributed by atoms with Crippen molar-refractivity contribution in [3.63, 3.8) is 0 Å². The average molecular weight is 404 g/mol. The van der Waals surface area contributed by atoms with Crippen LogP contribution in [-0.2, 0) is 22.5 Å². The number of hydrogen-bond donors (Lipinski definition) is 0. The maximum atomic E-state index is 13.2. The summed E-state index contributed by atoms with van der Waals surface area (Å²) in [4.78, 5) is 21.7. The second-order valence-electron chi connectivity index (χ2n) is 7.84. The number of benzene rings is 2. The van der Waals surface area contributed by atoms with E-state index in [0.717, 1.165) is 56.9 Å². The molecule has 0 N–H and O–H groups in total. The Morgan fingerprint density at radius 3 is 2.53 bits per heavy atom. The maximum Gasteiger partial charge on any atom is 0.227 e. The number of rotatable bonds is 8. The van der Waals surface area contributed by atoms with Crippen LogP contribution in [0.15, 0.2) is 67.0 Å². The van der Waals surface area contributed by atoms with Gasteiger partial charge in [0.1, 0.15) is 0 Å². The van der Waals surface area contributed by atoms with E-state index in [1.807, 2.05) is 29.2 Å². The second-order valence-corrected chi connectivity index (χ2v) is 7.84. The molecule has 3 aromatic rings. The lowest BCUT2D eigenvalue weighted by Crippen LogP contribution is -2.39. The number of pyridine rings is 1. The van der Waals surface area contributed by atoms with Crippen LogP contribution < -0.4 is 0 Å². The van der Waals surface area contributed by atoms with Crippen molar-refractivity contribution < 1.29 is 9.53 Å². The van der Waals surface area contributed by atoms with Crippen molar-refractivity contribution in [1.29, 1.82) is 0 Å². The molecule has 1 fully saturated rings. The fourth-order valence-corrected chi connectivity index (χ4v) is 3.95. The van der Waals surface area contributed by atoms with Crippen molar-refractivity contribution >= 4 is 16.7 Å². The van der Waals surface area contributed by atoms with Gasteiger partial charge >= 0.3 is 0 Å². The second kappa shape index (κ2) is 10.3. The van der Waals surface area contributed by atoms with Gasteiger partial charge in [0, 0.05) is 45.1 Å². The number of nitrogens with zero attached hydrogens (tertiary/aromatic N) is 3. The van der Waals surface area contributed by atoms with E-state index in [1.165, 1.54) is 10.8 Å². The van der Waals surface area contributed by atoms with Gasteiger partial charge in [-0.15, -0.1) is 0 Å². The van der Waals surface area contributed by atoms with Crippen LogP contribution in [0.25, 0.3) is 10.8 Å². The van der Waals surface area contributed by atoms with Crippen LogP contribution in [0.2, 0.25) is 0 Å². The van der Waals surface area contributed by atoms with Gasteiger partial charge < -0.3 is 9.64 Å². The van der Waals surface area contributed by atoms with Gasteiger partial charge in [-0.2, -0.15) is 0 Å². The zero-order chi connectivity index (χ0) is 20.6. The Kier molecular flexibility index (Phi) is 7.06. The van der Waals surface area contributed by atoms with Crippen LogP contribution in [0.1, 0.15) is 17.5 Å². The molecule has 0 radical (unpaired) electrons. The highest BCUT2D eigenvalue weighted by atomic mass is 16.5. The number of fused-ring (bicyclic) bond motifs is 1. The predicted molar refractivity (Wildman–Crippen MR) is 119 cm³/mol. The van der Waals surface area contributed by atoms with Crippen LogP contribution in [0, 0.1) is 0 Å². The molecule has 0 spiro atoms. The predicted octanol–water partition coefficient (Wildman–Crippen LogP) is 3.53. The third kappa shape index (κ3) is 5.65. The first-order chi connectivity index (χ1) is 14.8. The van der Waals surface area contributed by atoms with Gasteiger partial charge in [0.25, 0.3) is 0 Å². The summed E-state index contributed by atoms with van der Waals surface area (Å²) in [5, 5.41) is 2.38. The molecule has 2 heterocycles. The van der Waals surface area contributed by atoms with Gasteiger partial charge in [0.05, 0.1) is 19.6 Å². The Balaban J connectivity index is 1.41. The third-order valence-corrected chi connectivity index (χ3v) is 5.65. The number of aromatic nitrogens is 1. The Hall–Kier alpha value is -2.76. The highest BCUT2D eigenvalue weighted by Gasteiger charge is 2.16. The molecule has 1 aliphatic heterocycles. The summed E-state index contributed by atoms with van der Waals surface area (Å²) in [5.74, 6) is 0.170. The maximum absolute atomic E-state index is 13.2. The monoisotopic (exact) mass is 403 g/mol. The van der Waals surface area contributed by atoms with Crippen molar-refractivity contribution in [3.8, 4) is 0 Å². The molecule has 4 rings (SSSR count). The van der Waals surface area contributed by atoms with Crippen LogP contribution in [-0.4, -0.2) is 60.1 Å². The largest absolute Gasteiger partial charge is 0.379 e. The quantitative estimate of drug-likeness (QED) is 0.577. The van der Waals surface area contributed by atoms with E-state index in [2.05, 4.69) is 40.2 Å². The van der Waals surface area contributed by atoms with Crippen LogP contribution >= 0.6 is 0 Å². The van der Waals surface area contributed by atoms with E-state index < -0.39 is 0 Å². The number of morpholine rings is 1. The smallest absolute Gasteiger partial charge is 0.227 e. The van der Waals surface area contributed by atoms with E-state index in [1.54, 1.807) is 12.4 Å². The van der Waals surface area contributed by atoms with Gasteiger partial charge in [0.2, 0.25) is 5.91 Å². The molecule has 1 saturated heterocycles. The summed E-state index contributed by atoms with van der Waals surface area (Å²) in [6, 6.07) is 18.5. The zero-order valence-corrected chi connectivity index (χ0v) is 17.4. The molecule has 5 heteroatoms. The summed E-state index contributed by atoms with van der Waals surface area (Å²) in [5.41, 5.74) is 2.18. The molecule has 0 atom stereocenters. The Morgan fingerprint density at radius 1 is 0.967 bits per heavy atom. The first kappa shape index (κ1) is 20.5. The minimum absolute atomic E-state index is 0.170. The number of carbonyl (C=O) groups excluding carboxylic acids is 1. The minimum Gasteiger partial charge on any atom is -0.379 e. The molecule has 1 amide bonds. The molecule has 30 heavy (non-hydrogen) atoms. The van der Waals surface area contributed by atoms with Gasteiger partial charge in [-0.05, 0) is 40.5 Å². The molecular formula is C25H29N3O2. The average Bonchev–Trinajstić information content (AvgIpc) is 2.80.